The van der Waals surface area contributed by atoms with Crippen molar-refractivity contribution in [1.82, 2.24) is 5.32 Å². The second-order valence-electron chi connectivity index (χ2n) is 4.33. The zero-order chi connectivity index (χ0) is 11.4. The average molecular weight is 207 g/mol. The molecule has 0 radical (unpaired) electrons. The van der Waals surface area contributed by atoms with Gasteiger partial charge in [0.15, 0.2) is 0 Å². The standard InChI is InChI=1S/C13H21NO/c1-9-5-6-13(10(2)7-9)12(4)14-11(3)8-15/h5-7,11-12,14-15H,8H2,1-4H3/t11-,12+/m0/s1. The Balaban J connectivity index is 2.77. The zero-order valence-electron chi connectivity index (χ0n) is 10.0. The van der Waals surface area contributed by atoms with Crippen molar-refractivity contribution in [3.05, 3.63) is 34.9 Å². The summed E-state index contributed by atoms with van der Waals surface area (Å²) in [6, 6.07) is 6.90. The number of aliphatic hydroxyl groups is 1. The normalized spacial score (nSPS) is 15.0. The third kappa shape index (κ3) is 3.33. The minimum Gasteiger partial charge on any atom is -0.395 e. The fourth-order valence-electron chi connectivity index (χ4n) is 1.88. The highest BCUT2D eigenvalue weighted by Gasteiger charge is 2.10. The molecule has 0 amide bonds. The van der Waals surface area contributed by atoms with Crippen molar-refractivity contribution in [2.75, 3.05) is 6.61 Å². The largest absolute Gasteiger partial charge is 0.395 e. The molecule has 2 heteroatoms. The summed E-state index contributed by atoms with van der Waals surface area (Å²) in [4.78, 5) is 0. The number of aliphatic hydroxyl groups excluding tert-OH is 1. The highest BCUT2D eigenvalue weighted by Crippen LogP contribution is 2.18. The van der Waals surface area contributed by atoms with Crippen molar-refractivity contribution >= 4 is 0 Å². The molecule has 2 nitrogen and oxygen atoms in total. The van der Waals surface area contributed by atoms with Gasteiger partial charge in [0.05, 0.1) is 6.61 Å². The van der Waals surface area contributed by atoms with E-state index in [-0.39, 0.29) is 18.7 Å². The lowest BCUT2D eigenvalue weighted by Gasteiger charge is -2.20. The Labute approximate surface area is 92.3 Å². The first-order chi connectivity index (χ1) is 7.04. The monoisotopic (exact) mass is 207 g/mol. The molecule has 1 rings (SSSR count). The van der Waals surface area contributed by atoms with E-state index in [4.69, 9.17) is 5.11 Å². The van der Waals surface area contributed by atoms with Gasteiger partial charge in [-0.3, -0.25) is 0 Å². The zero-order valence-corrected chi connectivity index (χ0v) is 10.0. The quantitative estimate of drug-likeness (QED) is 0.794. The lowest BCUT2D eigenvalue weighted by Crippen LogP contribution is -2.32. The van der Waals surface area contributed by atoms with Gasteiger partial charge >= 0.3 is 0 Å². The highest BCUT2D eigenvalue weighted by molar-refractivity contribution is 5.32. The summed E-state index contributed by atoms with van der Waals surface area (Å²) in [5.41, 5.74) is 3.90. The molecule has 0 saturated heterocycles. The van der Waals surface area contributed by atoms with Gasteiger partial charge in [-0.15, -0.1) is 0 Å². The first-order valence-electron chi connectivity index (χ1n) is 5.48. The molecule has 0 heterocycles. The number of aryl methyl sites for hydroxylation is 2. The van der Waals surface area contributed by atoms with Crippen LogP contribution in [0.2, 0.25) is 0 Å². The lowest BCUT2D eigenvalue weighted by molar-refractivity contribution is 0.243. The first-order valence-corrected chi connectivity index (χ1v) is 5.48. The van der Waals surface area contributed by atoms with Crippen LogP contribution in [0.1, 0.15) is 36.6 Å². The van der Waals surface area contributed by atoms with E-state index in [0.717, 1.165) is 0 Å². The minimum absolute atomic E-state index is 0.140. The molecule has 0 aliphatic rings. The first kappa shape index (κ1) is 12.2. The van der Waals surface area contributed by atoms with Crippen molar-refractivity contribution in [3.8, 4) is 0 Å². The summed E-state index contributed by atoms with van der Waals surface area (Å²) in [6.45, 7) is 8.52. The van der Waals surface area contributed by atoms with Crippen LogP contribution in [-0.4, -0.2) is 17.8 Å². The summed E-state index contributed by atoms with van der Waals surface area (Å²) >= 11 is 0. The molecule has 84 valence electrons. The van der Waals surface area contributed by atoms with Gasteiger partial charge in [-0.1, -0.05) is 23.8 Å². The number of hydrogen-bond acceptors (Lipinski definition) is 2. The van der Waals surface area contributed by atoms with Crippen LogP contribution in [0.3, 0.4) is 0 Å². The summed E-state index contributed by atoms with van der Waals surface area (Å²) < 4.78 is 0. The van der Waals surface area contributed by atoms with Gasteiger partial charge in [0.25, 0.3) is 0 Å². The van der Waals surface area contributed by atoms with Gasteiger partial charge in [-0.2, -0.15) is 0 Å². The van der Waals surface area contributed by atoms with Crippen LogP contribution in [0.4, 0.5) is 0 Å². The van der Waals surface area contributed by atoms with Crippen molar-refractivity contribution in [3.63, 3.8) is 0 Å². The van der Waals surface area contributed by atoms with E-state index >= 15 is 0 Å². The SMILES string of the molecule is Cc1ccc([C@@H](C)N[C@@H](C)CO)c(C)c1. The second kappa shape index (κ2) is 5.29. The Morgan fingerprint density at radius 1 is 1.27 bits per heavy atom. The molecule has 1 aromatic carbocycles. The molecular weight excluding hydrogens is 186 g/mol. The van der Waals surface area contributed by atoms with E-state index in [9.17, 15) is 0 Å². The Bertz CT molecular complexity index is 322. The topological polar surface area (TPSA) is 32.3 Å². The average Bonchev–Trinajstić information content (AvgIpc) is 2.17. The molecule has 1 aromatic rings. The summed E-state index contributed by atoms with van der Waals surface area (Å²) in [6.07, 6.45) is 0. The number of benzene rings is 1. The van der Waals surface area contributed by atoms with Gasteiger partial charge < -0.3 is 10.4 Å². The van der Waals surface area contributed by atoms with Gasteiger partial charge in [-0.05, 0) is 38.8 Å². The van der Waals surface area contributed by atoms with Crippen molar-refractivity contribution in [2.45, 2.75) is 39.8 Å². The van der Waals surface area contributed by atoms with E-state index in [1.165, 1.54) is 16.7 Å². The fraction of sp³-hybridized carbons (Fsp3) is 0.538. The maximum absolute atomic E-state index is 8.98. The molecule has 0 saturated carbocycles. The molecule has 0 spiro atoms. The Morgan fingerprint density at radius 3 is 2.47 bits per heavy atom. The van der Waals surface area contributed by atoms with Crippen LogP contribution in [-0.2, 0) is 0 Å². The molecule has 0 aromatic heterocycles. The Morgan fingerprint density at radius 2 is 1.93 bits per heavy atom. The number of hydrogen-bond donors (Lipinski definition) is 2. The Hall–Kier alpha value is -0.860. The smallest absolute Gasteiger partial charge is 0.0582 e. The molecule has 0 fully saturated rings. The third-order valence-electron chi connectivity index (χ3n) is 2.70. The molecule has 0 unspecified atom stereocenters. The molecule has 2 N–H and O–H groups in total. The lowest BCUT2D eigenvalue weighted by atomic mass is 10.00. The van der Waals surface area contributed by atoms with Gasteiger partial charge in [0.2, 0.25) is 0 Å². The highest BCUT2D eigenvalue weighted by atomic mass is 16.3. The molecule has 0 bridgehead atoms. The molecule has 2 atom stereocenters. The van der Waals surface area contributed by atoms with E-state index in [2.05, 4.69) is 44.3 Å². The predicted octanol–water partition coefficient (Wildman–Crippen LogP) is 2.33. The van der Waals surface area contributed by atoms with Crippen LogP contribution in [0, 0.1) is 13.8 Å². The van der Waals surface area contributed by atoms with E-state index in [1.54, 1.807) is 0 Å². The van der Waals surface area contributed by atoms with Crippen LogP contribution >= 0.6 is 0 Å². The van der Waals surface area contributed by atoms with Gasteiger partial charge in [0.1, 0.15) is 0 Å². The predicted molar refractivity (Wildman–Crippen MR) is 64.0 cm³/mol. The van der Waals surface area contributed by atoms with Crippen LogP contribution in [0.5, 0.6) is 0 Å². The summed E-state index contributed by atoms with van der Waals surface area (Å²) in [5, 5.41) is 12.3. The molecule has 0 aliphatic carbocycles. The van der Waals surface area contributed by atoms with E-state index in [0.29, 0.717) is 0 Å². The van der Waals surface area contributed by atoms with Gasteiger partial charge in [0, 0.05) is 12.1 Å². The summed E-state index contributed by atoms with van der Waals surface area (Å²) in [7, 11) is 0. The van der Waals surface area contributed by atoms with Crippen LogP contribution in [0.25, 0.3) is 0 Å². The fourth-order valence-corrected chi connectivity index (χ4v) is 1.88. The van der Waals surface area contributed by atoms with Crippen molar-refractivity contribution < 1.29 is 5.11 Å². The molecule has 0 aliphatic heterocycles. The van der Waals surface area contributed by atoms with Crippen LogP contribution < -0.4 is 5.32 Å². The van der Waals surface area contributed by atoms with Crippen LogP contribution in [0.15, 0.2) is 18.2 Å². The molecular formula is C13H21NO. The minimum atomic E-state index is 0.140. The van der Waals surface area contributed by atoms with E-state index < -0.39 is 0 Å². The van der Waals surface area contributed by atoms with Crippen molar-refractivity contribution in [1.29, 1.82) is 0 Å². The molecule has 15 heavy (non-hydrogen) atoms. The van der Waals surface area contributed by atoms with Crippen molar-refractivity contribution in [2.24, 2.45) is 0 Å². The number of rotatable bonds is 4. The Kier molecular flexibility index (Phi) is 4.30. The second-order valence-corrected chi connectivity index (χ2v) is 4.33. The number of nitrogens with one attached hydrogen (secondary N) is 1. The third-order valence-corrected chi connectivity index (χ3v) is 2.70. The van der Waals surface area contributed by atoms with Gasteiger partial charge in [-0.25, -0.2) is 0 Å². The maximum Gasteiger partial charge on any atom is 0.0582 e. The van der Waals surface area contributed by atoms with E-state index in [1.807, 2.05) is 6.92 Å². The maximum atomic E-state index is 8.98. The summed E-state index contributed by atoms with van der Waals surface area (Å²) in [5.74, 6) is 0.